The number of ether oxygens (including phenoxy) is 3. The van der Waals surface area contributed by atoms with Crippen LogP contribution in [-0.2, 0) is 23.8 Å². The molecule has 0 saturated carbocycles. The zero-order chi connectivity index (χ0) is 44.2. The molecule has 0 rings (SSSR count). The Kier molecular flexibility index (Phi) is 44.9. The van der Waals surface area contributed by atoms with Gasteiger partial charge in [-0.1, -0.05) is 214 Å². The Balaban J connectivity index is 4.40. The number of aliphatic hydroxyl groups excluding tert-OH is 1. The standard InChI is InChI=1S/C53H105NO6/c1-7-11-15-25-33-48(34-26-16-12-8-2)41-43-58-51(55)39-31-23-19-21-29-37-50(46-60-53(57)47(5)45-54-6)38-30-22-20-24-32-40-52(56)59-44-42-49(35-27-17-13-9-3)36-28-18-14-10-4/h47-50,53-54,57H,7-46H2,1-6H3. The molecule has 7 nitrogen and oxygen atoms in total. The van der Waals surface area contributed by atoms with Gasteiger partial charge in [0.1, 0.15) is 0 Å². The van der Waals surface area contributed by atoms with Crippen molar-refractivity contribution in [1.82, 2.24) is 5.32 Å². The largest absolute Gasteiger partial charge is 0.466 e. The minimum atomic E-state index is -0.746. The van der Waals surface area contributed by atoms with Crippen molar-refractivity contribution in [2.24, 2.45) is 23.7 Å². The molecule has 0 aliphatic rings. The molecule has 0 bridgehead atoms. The van der Waals surface area contributed by atoms with E-state index in [1.807, 2.05) is 14.0 Å². The lowest BCUT2D eigenvalue weighted by Crippen LogP contribution is -2.31. The van der Waals surface area contributed by atoms with Crippen molar-refractivity contribution in [3.05, 3.63) is 0 Å². The highest BCUT2D eigenvalue weighted by Gasteiger charge is 2.18. The molecular weight excluding hydrogens is 747 g/mol. The first-order chi connectivity index (χ1) is 29.3. The fourth-order valence-electron chi connectivity index (χ4n) is 8.73. The Morgan fingerprint density at radius 1 is 0.450 bits per heavy atom. The maximum absolute atomic E-state index is 12.5. The quantitative estimate of drug-likeness (QED) is 0.0358. The van der Waals surface area contributed by atoms with Crippen LogP contribution in [0, 0.1) is 23.7 Å². The second-order valence-electron chi connectivity index (χ2n) is 18.9. The van der Waals surface area contributed by atoms with Crippen LogP contribution >= 0.6 is 0 Å². The van der Waals surface area contributed by atoms with E-state index in [1.54, 1.807) is 0 Å². The van der Waals surface area contributed by atoms with Crippen LogP contribution < -0.4 is 5.32 Å². The van der Waals surface area contributed by atoms with E-state index < -0.39 is 6.29 Å². The monoisotopic (exact) mass is 852 g/mol. The predicted octanol–water partition coefficient (Wildman–Crippen LogP) is 15.2. The Hall–Kier alpha value is -1.18. The van der Waals surface area contributed by atoms with Gasteiger partial charge in [-0.2, -0.15) is 0 Å². The molecule has 0 aromatic rings. The smallest absolute Gasteiger partial charge is 0.305 e. The molecule has 0 spiro atoms. The second kappa shape index (κ2) is 45.8. The minimum absolute atomic E-state index is 0.0192. The molecule has 358 valence electrons. The van der Waals surface area contributed by atoms with E-state index >= 15 is 0 Å². The number of carbonyl (C=O) groups is 2. The average Bonchev–Trinajstić information content (AvgIpc) is 3.24. The van der Waals surface area contributed by atoms with E-state index in [0.717, 1.165) is 96.4 Å². The molecule has 2 atom stereocenters. The summed E-state index contributed by atoms with van der Waals surface area (Å²) >= 11 is 0. The van der Waals surface area contributed by atoms with Gasteiger partial charge < -0.3 is 24.6 Å². The van der Waals surface area contributed by atoms with E-state index in [0.29, 0.717) is 50.4 Å². The topological polar surface area (TPSA) is 94.1 Å². The molecule has 0 aliphatic carbocycles. The van der Waals surface area contributed by atoms with Crippen molar-refractivity contribution >= 4 is 11.9 Å². The molecule has 0 aromatic carbocycles. The number of aliphatic hydroxyl groups is 1. The molecule has 60 heavy (non-hydrogen) atoms. The summed E-state index contributed by atoms with van der Waals surface area (Å²) in [5, 5.41) is 13.7. The Morgan fingerprint density at radius 2 is 0.767 bits per heavy atom. The van der Waals surface area contributed by atoms with Crippen molar-refractivity contribution in [3.8, 4) is 0 Å². The van der Waals surface area contributed by atoms with Crippen LogP contribution in [0.3, 0.4) is 0 Å². The molecular formula is C53H105NO6. The number of nitrogens with one attached hydrogen (secondary N) is 1. The fraction of sp³-hybridized carbons (Fsp3) is 0.962. The number of hydrogen-bond acceptors (Lipinski definition) is 7. The number of esters is 2. The van der Waals surface area contributed by atoms with Crippen molar-refractivity contribution in [1.29, 1.82) is 0 Å². The summed E-state index contributed by atoms with van der Waals surface area (Å²) in [5.74, 6) is 1.85. The van der Waals surface area contributed by atoms with E-state index in [4.69, 9.17) is 14.2 Å². The number of unbranched alkanes of at least 4 members (excludes halogenated alkanes) is 20. The van der Waals surface area contributed by atoms with Crippen LogP contribution in [0.2, 0.25) is 0 Å². The van der Waals surface area contributed by atoms with Gasteiger partial charge in [-0.15, -0.1) is 0 Å². The molecule has 2 N–H and O–H groups in total. The zero-order valence-corrected chi connectivity index (χ0v) is 41.2. The lowest BCUT2D eigenvalue weighted by atomic mass is 9.92. The minimum Gasteiger partial charge on any atom is -0.466 e. The first-order valence-electron chi connectivity index (χ1n) is 26.6. The molecule has 0 fully saturated rings. The van der Waals surface area contributed by atoms with Crippen LogP contribution in [0.15, 0.2) is 0 Å². The summed E-state index contributed by atoms with van der Waals surface area (Å²) in [5.41, 5.74) is 0. The predicted molar refractivity (Wildman–Crippen MR) is 256 cm³/mol. The summed E-state index contributed by atoms with van der Waals surface area (Å²) in [7, 11) is 1.91. The molecule has 0 heterocycles. The highest BCUT2D eigenvalue weighted by Crippen LogP contribution is 2.24. The van der Waals surface area contributed by atoms with Crippen LogP contribution in [0.5, 0.6) is 0 Å². The third-order valence-electron chi connectivity index (χ3n) is 12.9. The van der Waals surface area contributed by atoms with Gasteiger partial charge in [-0.25, -0.2) is 0 Å². The average molecular weight is 852 g/mol. The first-order valence-corrected chi connectivity index (χ1v) is 26.6. The zero-order valence-electron chi connectivity index (χ0n) is 41.2. The third-order valence-corrected chi connectivity index (χ3v) is 12.9. The van der Waals surface area contributed by atoms with Gasteiger partial charge in [0.25, 0.3) is 0 Å². The van der Waals surface area contributed by atoms with E-state index in [1.165, 1.54) is 128 Å². The lowest BCUT2D eigenvalue weighted by Gasteiger charge is -2.23. The van der Waals surface area contributed by atoms with Gasteiger partial charge >= 0.3 is 11.9 Å². The Labute approximate surface area is 374 Å². The van der Waals surface area contributed by atoms with Crippen molar-refractivity contribution in [2.45, 2.75) is 272 Å². The van der Waals surface area contributed by atoms with E-state index in [9.17, 15) is 14.7 Å². The van der Waals surface area contributed by atoms with Gasteiger partial charge in [0.15, 0.2) is 6.29 Å². The number of rotatable bonds is 48. The van der Waals surface area contributed by atoms with Crippen LogP contribution in [0.25, 0.3) is 0 Å². The fourth-order valence-corrected chi connectivity index (χ4v) is 8.73. The van der Waals surface area contributed by atoms with Crippen LogP contribution in [0.4, 0.5) is 0 Å². The van der Waals surface area contributed by atoms with Gasteiger partial charge in [0.05, 0.1) is 19.8 Å². The highest BCUT2D eigenvalue weighted by molar-refractivity contribution is 5.69. The van der Waals surface area contributed by atoms with Gasteiger partial charge in [-0.05, 0) is 63.3 Å². The summed E-state index contributed by atoms with van der Waals surface area (Å²) in [6.07, 6.45) is 41.6. The SMILES string of the molecule is CCCCCCC(CCCCCC)CCOC(=O)CCCCCCCC(CCCCCCCC(=O)OCCC(CCCCCC)CCCCCC)COC(O)C(C)CNC. The maximum Gasteiger partial charge on any atom is 0.305 e. The summed E-state index contributed by atoms with van der Waals surface area (Å²) < 4.78 is 17.4. The van der Waals surface area contributed by atoms with Gasteiger partial charge in [0, 0.05) is 25.3 Å². The Bertz CT molecular complexity index is 817. The van der Waals surface area contributed by atoms with Crippen molar-refractivity contribution < 1.29 is 28.9 Å². The van der Waals surface area contributed by atoms with Crippen LogP contribution in [-0.4, -0.2) is 56.7 Å². The van der Waals surface area contributed by atoms with Gasteiger partial charge in [-0.3, -0.25) is 9.59 Å². The second-order valence-corrected chi connectivity index (χ2v) is 18.9. The summed E-state index contributed by atoms with van der Waals surface area (Å²) in [6, 6.07) is 0. The summed E-state index contributed by atoms with van der Waals surface area (Å²) in [6.45, 7) is 13.6. The molecule has 2 unspecified atom stereocenters. The summed E-state index contributed by atoms with van der Waals surface area (Å²) in [4.78, 5) is 25.0. The van der Waals surface area contributed by atoms with E-state index in [-0.39, 0.29) is 17.9 Å². The van der Waals surface area contributed by atoms with Gasteiger partial charge in [0.2, 0.25) is 0 Å². The van der Waals surface area contributed by atoms with Crippen LogP contribution in [0.1, 0.15) is 266 Å². The molecule has 0 amide bonds. The molecule has 0 aliphatic heterocycles. The first kappa shape index (κ1) is 58.8. The van der Waals surface area contributed by atoms with Crippen molar-refractivity contribution in [3.63, 3.8) is 0 Å². The Morgan fingerprint density at radius 3 is 1.12 bits per heavy atom. The number of carbonyl (C=O) groups excluding carboxylic acids is 2. The normalized spacial score (nSPS) is 12.8. The van der Waals surface area contributed by atoms with Crippen molar-refractivity contribution in [2.75, 3.05) is 33.4 Å². The molecule has 7 heteroatoms. The molecule has 0 saturated heterocycles. The third kappa shape index (κ3) is 39.7. The van der Waals surface area contributed by atoms with E-state index in [2.05, 4.69) is 33.0 Å². The maximum atomic E-state index is 12.5. The lowest BCUT2D eigenvalue weighted by molar-refractivity contribution is -0.145. The molecule has 0 radical (unpaired) electrons. The number of hydrogen-bond donors (Lipinski definition) is 2. The molecule has 0 aromatic heterocycles. The highest BCUT2D eigenvalue weighted by atomic mass is 16.6.